The van der Waals surface area contributed by atoms with Crippen LogP contribution in [-0.4, -0.2) is 13.2 Å². The monoisotopic (exact) mass is 267 g/mol. The van der Waals surface area contributed by atoms with Crippen molar-refractivity contribution >= 4 is 0 Å². The number of hydrogen-bond acceptors (Lipinski definition) is 2. The third-order valence-electron chi connectivity index (χ3n) is 3.87. The van der Waals surface area contributed by atoms with Crippen LogP contribution >= 0.6 is 0 Å². The fraction of sp³-hybridized carbons (Fsp3) is 0.333. The van der Waals surface area contributed by atoms with Gasteiger partial charge in [-0.1, -0.05) is 31.2 Å². The smallest absolute Gasteiger partial charge is 0.122 e. The van der Waals surface area contributed by atoms with Crippen molar-refractivity contribution in [3.05, 3.63) is 53.1 Å². The number of ether oxygens (including phenoxy) is 1. The van der Waals surface area contributed by atoms with Crippen molar-refractivity contribution in [3.8, 4) is 16.9 Å². The van der Waals surface area contributed by atoms with Gasteiger partial charge in [-0.3, -0.25) is 0 Å². The van der Waals surface area contributed by atoms with Gasteiger partial charge in [0.05, 0.1) is 6.61 Å². The van der Waals surface area contributed by atoms with E-state index in [0.717, 1.165) is 31.9 Å². The van der Waals surface area contributed by atoms with Gasteiger partial charge in [-0.05, 0) is 53.4 Å². The molecule has 0 radical (unpaired) electrons. The minimum Gasteiger partial charge on any atom is -0.493 e. The molecule has 0 aromatic heterocycles. The van der Waals surface area contributed by atoms with Crippen LogP contribution in [0.5, 0.6) is 5.75 Å². The van der Waals surface area contributed by atoms with Gasteiger partial charge in [0.25, 0.3) is 0 Å². The van der Waals surface area contributed by atoms with Crippen LogP contribution in [0.2, 0.25) is 0 Å². The van der Waals surface area contributed by atoms with E-state index in [0.29, 0.717) is 0 Å². The van der Waals surface area contributed by atoms with Gasteiger partial charge in [-0.15, -0.1) is 0 Å². The van der Waals surface area contributed by atoms with E-state index < -0.39 is 0 Å². The van der Waals surface area contributed by atoms with E-state index in [-0.39, 0.29) is 0 Å². The lowest BCUT2D eigenvalue weighted by molar-refractivity contribution is 0.357. The van der Waals surface area contributed by atoms with Gasteiger partial charge in [-0.2, -0.15) is 0 Å². The maximum atomic E-state index is 5.57. The normalized spacial score (nSPS) is 13.1. The number of aryl methyl sites for hydroxylation is 1. The molecular formula is C18H21NO. The van der Waals surface area contributed by atoms with Crippen molar-refractivity contribution in [2.24, 2.45) is 0 Å². The zero-order chi connectivity index (χ0) is 13.9. The molecule has 0 amide bonds. The molecule has 0 aliphatic carbocycles. The van der Waals surface area contributed by atoms with E-state index in [1.807, 2.05) is 0 Å². The molecule has 104 valence electrons. The van der Waals surface area contributed by atoms with Gasteiger partial charge in [0.2, 0.25) is 0 Å². The number of nitrogens with one attached hydrogen (secondary N) is 1. The molecule has 1 N–H and O–H groups in total. The third-order valence-corrected chi connectivity index (χ3v) is 3.87. The maximum Gasteiger partial charge on any atom is 0.122 e. The quantitative estimate of drug-likeness (QED) is 0.912. The summed E-state index contributed by atoms with van der Waals surface area (Å²) in [5, 5.41) is 3.37. The van der Waals surface area contributed by atoms with Crippen molar-refractivity contribution in [2.75, 3.05) is 13.2 Å². The van der Waals surface area contributed by atoms with Gasteiger partial charge in [0, 0.05) is 13.0 Å². The molecule has 0 saturated heterocycles. The number of benzene rings is 2. The van der Waals surface area contributed by atoms with E-state index in [9.17, 15) is 0 Å². The molecule has 2 nitrogen and oxygen atoms in total. The van der Waals surface area contributed by atoms with Crippen LogP contribution in [0.1, 0.15) is 23.6 Å². The van der Waals surface area contributed by atoms with Crippen molar-refractivity contribution in [1.82, 2.24) is 5.32 Å². The molecule has 2 aromatic rings. The number of rotatable bonds is 4. The van der Waals surface area contributed by atoms with Crippen LogP contribution in [0.15, 0.2) is 36.4 Å². The largest absolute Gasteiger partial charge is 0.493 e. The lowest BCUT2D eigenvalue weighted by atomic mass is 9.96. The van der Waals surface area contributed by atoms with E-state index in [2.05, 4.69) is 55.6 Å². The average molecular weight is 267 g/mol. The van der Waals surface area contributed by atoms with Crippen LogP contribution in [0.3, 0.4) is 0 Å². The van der Waals surface area contributed by atoms with Gasteiger partial charge >= 0.3 is 0 Å². The first-order valence-corrected chi connectivity index (χ1v) is 7.34. The summed E-state index contributed by atoms with van der Waals surface area (Å²) in [6, 6.07) is 13.3. The predicted molar refractivity (Wildman–Crippen MR) is 83.2 cm³/mol. The maximum absolute atomic E-state index is 5.57. The summed E-state index contributed by atoms with van der Waals surface area (Å²) in [5.74, 6) is 1.05. The minimum atomic E-state index is 0.819. The minimum absolute atomic E-state index is 0.819. The fourth-order valence-electron chi connectivity index (χ4n) is 2.78. The molecule has 2 aromatic carbocycles. The van der Waals surface area contributed by atoms with Crippen LogP contribution in [0.4, 0.5) is 0 Å². The molecule has 1 heterocycles. The van der Waals surface area contributed by atoms with Crippen LogP contribution in [-0.2, 0) is 13.0 Å². The summed E-state index contributed by atoms with van der Waals surface area (Å²) in [6.07, 6.45) is 1.03. The van der Waals surface area contributed by atoms with Gasteiger partial charge in [0.1, 0.15) is 5.75 Å². The molecule has 1 aliphatic heterocycles. The standard InChI is InChI=1S/C18H21NO/c1-3-19-12-14-4-6-17(13(2)10-14)15-5-7-18-16(11-15)8-9-20-18/h4-7,10-11,19H,3,8-9,12H2,1-2H3. The molecule has 1 aliphatic rings. The van der Waals surface area contributed by atoms with Crippen LogP contribution < -0.4 is 10.1 Å². The lowest BCUT2D eigenvalue weighted by Crippen LogP contribution is -2.11. The molecule has 20 heavy (non-hydrogen) atoms. The third kappa shape index (κ3) is 2.56. The highest BCUT2D eigenvalue weighted by molar-refractivity contribution is 5.69. The van der Waals surface area contributed by atoms with Gasteiger partial charge < -0.3 is 10.1 Å². The topological polar surface area (TPSA) is 21.3 Å². The second-order valence-electron chi connectivity index (χ2n) is 5.35. The first kappa shape index (κ1) is 13.2. The zero-order valence-corrected chi connectivity index (χ0v) is 12.2. The van der Waals surface area contributed by atoms with Gasteiger partial charge in [0.15, 0.2) is 0 Å². The molecule has 0 atom stereocenters. The Morgan fingerprint density at radius 1 is 1.15 bits per heavy atom. The second-order valence-corrected chi connectivity index (χ2v) is 5.35. The highest BCUT2D eigenvalue weighted by Gasteiger charge is 2.13. The highest BCUT2D eigenvalue weighted by atomic mass is 16.5. The van der Waals surface area contributed by atoms with Crippen LogP contribution in [0.25, 0.3) is 11.1 Å². The summed E-state index contributed by atoms with van der Waals surface area (Å²) in [7, 11) is 0. The Balaban J connectivity index is 1.90. The summed E-state index contributed by atoms with van der Waals surface area (Å²) in [6.45, 7) is 7.09. The Labute approximate surface area is 120 Å². The first-order valence-electron chi connectivity index (χ1n) is 7.34. The molecule has 0 fully saturated rings. The lowest BCUT2D eigenvalue weighted by Gasteiger charge is -2.10. The number of hydrogen-bond donors (Lipinski definition) is 1. The Morgan fingerprint density at radius 2 is 2.05 bits per heavy atom. The molecule has 0 spiro atoms. The summed E-state index contributed by atoms with van der Waals surface area (Å²) < 4.78 is 5.57. The SMILES string of the molecule is CCNCc1ccc(-c2ccc3c(c2)CCO3)c(C)c1. The van der Waals surface area contributed by atoms with Crippen molar-refractivity contribution in [3.63, 3.8) is 0 Å². The van der Waals surface area contributed by atoms with Crippen molar-refractivity contribution in [1.29, 1.82) is 0 Å². The van der Waals surface area contributed by atoms with Crippen molar-refractivity contribution < 1.29 is 4.74 Å². The van der Waals surface area contributed by atoms with E-state index in [1.165, 1.54) is 27.8 Å². The highest BCUT2D eigenvalue weighted by Crippen LogP contribution is 2.32. The van der Waals surface area contributed by atoms with E-state index in [4.69, 9.17) is 4.74 Å². The molecule has 2 heteroatoms. The van der Waals surface area contributed by atoms with E-state index in [1.54, 1.807) is 0 Å². The fourth-order valence-corrected chi connectivity index (χ4v) is 2.78. The Morgan fingerprint density at radius 3 is 2.85 bits per heavy atom. The molecular weight excluding hydrogens is 246 g/mol. The zero-order valence-electron chi connectivity index (χ0n) is 12.2. The molecule has 0 bridgehead atoms. The Bertz CT molecular complexity index is 619. The second kappa shape index (κ2) is 5.68. The summed E-state index contributed by atoms with van der Waals surface area (Å²) in [4.78, 5) is 0. The first-order chi connectivity index (χ1) is 9.78. The molecule has 0 unspecified atom stereocenters. The van der Waals surface area contributed by atoms with Gasteiger partial charge in [-0.25, -0.2) is 0 Å². The predicted octanol–water partition coefficient (Wildman–Crippen LogP) is 3.71. The average Bonchev–Trinajstić information content (AvgIpc) is 2.92. The molecule has 3 rings (SSSR count). The summed E-state index contributed by atoms with van der Waals surface area (Å²) >= 11 is 0. The van der Waals surface area contributed by atoms with Crippen molar-refractivity contribution in [2.45, 2.75) is 26.8 Å². The Hall–Kier alpha value is -1.80. The number of fused-ring (bicyclic) bond motifs is 1. The van der Waals surface area contributed by atoms with E-state index >= 15 is 0 Å². The van der Waals surface area contributed by atoms with Crippen LogP contribution in [0, 0.1) is 6.92 Å². The summed E-state index contributed by atoms with van der Waals surface area (Å²) in [5.41, 5.74) is 6.62. The molecule has 0 saturated carbocycles. The Kier molecular flexibility index (Phi) is 3.75.